The Bertz CT molecular complexity index is 2950. The van der Waals surface area contributed by atoms with Crippen molar-refractivity contribution in [3.63, 3.8) is 0 Å². The number of hydrogen-bond donors (Lipinski definition) is 0. The number of hydrogen-bond acceptors (Lipinski definition) is 1. The first-order valence-corrected chi connectivity index (χ1v) is 16.2. The SMILES string of the molecule is N#Cc1ccc2ccc3cc(-n4c5ccccc5c5cccc(-c6ccc7c(c6)c6ccccc6n7-c6ccccc6)c54)ccc3c2c1. The van der Waals surface area contributed by atoms with Crippen molar-refractivity contribution in [2.24, 2.45) is 0 Å². The molecule has 3 heteroatoms. The number of para-hydroxylation sites is 4. The average molecular weight is 610 g/mol. The quantitative estimate of drug-likeness (QED) is 0.183. The Kier molecular flexibility index (Phi) is 5.64. The second kappa shape index (κ2) is 10.2. The van der Waals surface area contributed by atoms with Gasteiger partial charge in [-0.25, -0.2) is 0 Å². The highest BCUT2D eigenvalue weighted by atomic mass is 15.0. The molecular formula is C45H27N3. The standard InChI is InChI=1S/C45H27N3/c46-28-29-17-18-30-19-20-31-26-34(22-23-35(31)40(30)25-29)48-43-16-7-4-11-37(43)39-14-8-13-36(45(39)48)32-21-24-44-41(27-32)38-12-5-6-15-42(38)47(44)33-9-2-1-3-10-33/h1-27H. The molecule has 0 fully saturated rings. The summed E-state index contributed by atoms with van der Waals surface area (Å²) < 4.78 is 4.79. The smallest absolute Gasteiger partial charge is 0.0991 e. The zero-order valence-corrected chi connectivity index (χ0v) is 25.9. The van der Waals surface area contributed by atoms with E-state index >= 15 is 0 Å². The molecule has 0 saturated carbocycles. The second-order valence-corrected chi connectivity index (χ2v) is 12.5. The average Bonchev–Trinajstić information content (AvgIpc) is 3.67. The molecule has 222 valence electrons. The lowest BCUT2D eigenvalue weighted by molar-refractivity contribution is 1.18. The van der Waals surface area contributed by atoms with Crippen LogP contribution in [0.5, 0.6) is 0 Å². The van der Waals surface area contributed by atoms with Crippen LogP contribution in [0, 0.1) is 11.3 Å². The maximum Gasteiger partial charge on any atom is 0.0991 e. The molecule has 0 aliphatic rings. The summed E-state index contributed by atoms with van der Waals surface area (Å²) in [4.78, 5) is 0. The molecule has 0 spiro atoms. The van der Waals surface area contributed by atoms with E-state index in [1.54, 1.807) is 0 Å². The Morgan fingerprint density at radius 1 is 0.396 bits per heavy atom. The molecule has 2 aromatic heterocycles. The number of rotatable bonds is 3. The van der Waals surface area contributed by atoms with E-state index in [0.717, 1.165) is 32.9 Å². The second-order valence-electron chi connectivity index (χ2n) is 12.5. The van der Waals surface area contributed by atoms with E-state index in [4.69, 9.17) is 0 Å². The molecule has 3 nitrogen and oxygen atoms in total. The monoisotopic (exact) mass is 609 g/mol. The summed E-state index contributed by atoms with van der Waals surface area (Å²) in [5.41, 5.74) is 10.1. The number of nitrogens with zero attached hydrogens (tertiary/aromatic N) is 3. The lowest BCUT2D eigenvalue weighted by Crippen LogP contribution is -1.96. The first-order valence-electron chi connectivity index (χ1n) is 16.2. The summed E-state index contributed by atoms with van der Waals surface area (Å²) in [7, 11) is 0. The molecule has 8 aromatic carbocycles. The van der Waals surface area contributed by atoms with E-state index < -0.39 is 0 Å². The summed E-state index contributed by atoms with van der Waals surface area (Å²) in [6.07, 6.45) is 0. The van der Waals surface area contributed by atoms with Gasteiger partial charge in [0.2, 0.25) is 0 Å². The lowest BCUT2D eigenvalue weighted by atomic mass is 9.99. The molecule has 0 amide bonds. The molecule has 0 radical (unpaired) electrons. The fourth-order valence-electron chi connectivity index (χ4n) is 7.77. The van der Waals surface area contributed by atoms with Gasteiger partial charge in [0.15, 0.2) is 0 Å². The van der Waals surface area contributed by atoms with E-state index in [2.05, 4.69) is 161 Å². The van der Waals surface area contributed by atoms with Gasteiger partial charge in [-0.05, 0) is 87.8 Å². The normalized spacial score (nSPS) is 11.7. The summed E-state index contributed by atoms with van der Waals surface area (Å²) in [5, 5.41) is 19.0. The Labute approximate surface area is 276 Å². The van der Waals surface area contributed by atoms with Gasteiger partial charge in [0.1, 0.15) is 0 Å². The Hall–Kier alpha value is -6.63. The van der Waals surface area contributed by atoms with Crippen molar-refractivity contribution in [3.8, 4) is 28.6 Å². The Morgan fingerprint density at radius 3 is 1.92 bits per heavy atom. The minimum atomic E-state index is 0.676. The molecule has 0 unspecified atom stereocenters. The Balaban J connectivity index is 1.24. The van der Waals surface area contributed by atoms with Crippen LogP contribution in [0.3, 0.4) is 0 Å². The highest BCUT2D eigenvalue weighted by Gasteiger charge is 2.19. The zero-order chi connectivity index (χ0) is 31.8. The van der Waals surface area contributed by atoms with Crippen LogP contribution in [-0.2, 0) is 0 Å². The molecule has 0 bridgehead atoms. The predicted octanol–water partition coefficient (Wildman–Crippen LogP) is 11.7. The van der Waals surface area contributed by atoms with Gasteiger partial charge in [0, 0.05) is 38.5 Å². The van der Waals surface area contributed by atoms with Crippen LogP contribution in [0.25, 0.3) is 87.7 Å². The van der Waals surface area contributed by atoms with E-state index in [1.807, 2.05) is 18.2 Å². The van der Waals surface area contributed by atoms with Crippen molar-refractivity contribution in [2.75, 3.05) is 0 Å². The van der Waals surface area contributed by atoms with Crippen LogP contribution in [0.4, 0.5) is 0 Å². The molecule has 0 aliphatic heterocycles. The molecule has 0 aliphatic carbocycles. The van der Waals surface area contributed by atoms with Crippen molar-refractivity contribution in [1.29, 1.82) is 5.26 Å². The molecule has 10 rings (SSSR count). The minimum absolute atomic E-state index is 0.676. The van der Waals surface area contributed by atoms with Crippen molar-refractivity contribution in [2.45, 2.75) is 0 Å². The number of aromatic nitrogens is 2. The largest absolute Gasteiger partial charge is 0.309 e. The van der Waals surface area contributed by atoms with Crippen molar-refractivity contribution in [3.05, 3.63) is 169 Å². The van der Waals surface area contributed by atoms with E-state index in [-0.39, 0.29) is 0 Å². The van der Waals surface area contributed by atoms with Crippen LogP contribution in [0.15, 0.2) is 164 Å². The maximum atomic E-state index is 9.57. The third-order valence-corrected chi connectivity index (χ3v) is 9.90. The van der Waals surface area contributed by atoms with Gasteiger partial charge < -0.3 is 9.13 Å². The number of benzene rings is 8. The third kappa shape index (κ3) is 3.81. The summed E-state index contributed by atoms with van der Waals surface area (Å²) >= 11 is 0. The van der Waals surface area contributed by atoms with E-state index in [1.165, 1.54) is 54.7 Å². The summed E-state index contributed by atoms with van der Waals surface area (Å²) in [6.45, 7) is 0. The van der Waals surface area contributed by atoms with Crippen LogP contribution >= 0.6 is 0 Å². The molecule has 48 heavy (non-hydrogen) atoms. The van der Waals surface area contributed by atoms with Gasteiger partial charge in [-0.15, -0.1) is 0 Å². The maximum absolute atomic E-state index is 9.57. The van der Waals surface area contributed by atoms with Crippen LogP contribution < -0.4 is 0 Å². The van der Waals surface area contributed by atoms with Gasteiger partial charge in [-0.3, -0.25) is 0 Å². The van der Waals surface area contributed by atoms with Crippen molar-refractivity contribution in [1.82, 2.24) is 9.13 Å². The topological polar surface area (TPSA) is 33.6 Å². The molecule has 0 atom stereocenters. The number of fused-ring (bicyclic) bond motifs is 9. The minimum Gasteiger partial charge on any atom is -0.309 e. The first-order chi connectivity index (χ1) is 23.8. The molecule has 0 saturated heterocycles. The highest BCUT2D eigenvalue weighted by molar-refractivity contribution is 6.16. The highest BCUT2D eigenvalue weighted by Crippen LogP contribution is 2.41. The van der Waals surface area contributed by atoms with Crippen molar-refractivity contribution >= 4 is 65.2 Å². The summed E-state index contributed by atoms with van der Waals surface area (Å²) in [6, 6.07) is 60.9. The lowest BCUT2D eigenvalue weighted by Gasteiger charge is -2.14. The van der Waals surface area contributed by atoms with Crippen molar-refractivity contribution < 1.29 is 0 Å². The summed E-state index contributed by atoms with van der Waals surface area (Å²) in [5.74, 6) is 0. The molecule has 2 heterocycles. The predicted molar refractivity (Wildman–Crippen MR) is 200 cm³/mol. The fraction of sp³-hybridized carbons (Fsp3) is 0. The molecule has 0 N–H and O–H groups in total. The first kappa shape index (κ1) is 26.6. The van der Waals surface area contributed by atoms with Gasteiger partial charge in [0.25, 0.3) is 0 Å². The van der Waals surface area contributed by atoms with E-state index in [0.29, 0.717) is 5.56 Å². The number of nitriles is 1. The zero-order valence-electron chi connectivity index (χ0n) is 25.9. The molecule has 10 aromatic rings. The van der Waals surface area contributed by atoms with Gasteiger partial charge >= 0.3 is 0 Å². The van der Waals surface area contributed by atoms with Gasteiger partial charge in [-0.1, -0.05) is 103 Å². The fourth-order valence-corrected chi connectivity index (χ4v) is 7.77. The third-order valence-electron chi connectivity index (χ3n) is 9.90. The van der Waals surface area contributed by atoms with E-state index in [9.17, 15) is 5.26 Å². The van der Waals surface area contributed by atoms with Gasteiger partial charge in [0.05, 0.1) is 33.7 Å². The van der Waals surface area contributed by atoms with Crippen LogP contribution in [-0.4, -0.2) is 9.13 Å². The van der Waals surface area contributed by atoms with Crippen LogP contribution in [0.1, 0.15) is 5.56 Å². The van der Waals surface area contributed by atoms with Gasteiger partial charge in [-0.2, -0.15) is 5.26 Å². The Morgan fingerprint density at radius 2 is 1.08 bits per heavy atom. The van der Waals surface area contributed by atoms with Crippen LogP contribution in [0.2, 0.25) is 0 Å². The molecular weight excluding hydrogens is 583 g/mol.